The summed E-state index contributed by atoms with van der Waals surface area (Å²) >= 11 is 0. The van der Waals surface area contributed by atoms with E-state index in [0.29, 0.717) is 13.1 Å². The first-order chi connectivity index (χ1) is 8.29. The molecule has 1 amide bonds. The van der Waals surface area contributed by atoms with Crippen LogP contribution >= 0.6 is 0 Å². The zero-order valence-corrected chi connectivity index (χ0v) is 9.73. The van der Waals surface area contributed by atoms with Gasteiger partial charge in [0.1, 0.15) is 6.17 Å². The smallest absolute Gasteiger partial charge is 0.256 e. The van der Waals surface area contributed by atoms with Crippen LogP contribution in [-0.4, -0.2) is 23.9 Å². The molecule has 1 heterocycles. The van der Waals surface area contributed by atoms with Crippen molar-refractivity contribution < 1.29 is 4.79 Å². The molecule has 17 heavy (non-hydrogen) atoms. The van der Waals surface area contributed by atoms with E-state index >= 15 is 0 Å². The lowest BCUT2D eigenvalue weighted by atomic mass is 10.1. The second-order valence-corrected chi connectivity index (χ2v) is 3.93. The number of benzene rings is 1. The van der Waals surface area contributed by atoms with Gasteiger partial charge in [0.05, 0.1) is 0 Å². The predicted molar refractivity (Wildman–Crippen MR) is 68.6 cm³/mol. The number of hydrogen-bond acceptors (Lipinski definition) is 2. The van der Waals surface area contributed by atoms with Crippen molar-refractivity contribution in [3.63, 3.8) is 0 Å². The molecule has 0 saturated heterocycles. The molecule has 3 nitrogen and oxygen atoms in total. The average Bonchev–Trinajstić information content (AvgIpc) is 2.62. The van der Waals surface area contributed by atoms with Crippen molar-refractivity contribution in [2.24, 2.45) is 0 Å². The Morgan fingerprint density at radius 3 is 2.76 bits per heavy atom. The van der Waals surface area contributed by atoms with E-state index in [1.165, 1.54) is 0 Å². The summed E-state index contributed by atoms with van der Waals surface area (Å²) < 4.78 is 0. The first-order valence-electron chi connectivity index (χ1n) is 5.64. The monoisotopic (exact) mass is 228 g/mol. The Kier molecular flexibility index (Phi) is 3.40. The van der Waals surface area contributed by atoms with Gasteiger partial charge < -0.3 is 4.90 Å². The highest BCUT2D eigenvalue weighted by Gasteiger charge is 2.34. The van der Waals surface area contributed by atoms with Gasteiger partial charge in [0.2, 0.25) is 0 Å². The highest BCUT2D eigenvalue weighted by Crippen LogP contribution is 2.31. The normalized spacial score (nSPS) is 18.0. The Bertz CT molecular complexity index is 453. The van der Waals surface area contributed by atoms with Crippen LogP contribution in [0.3, 0.4) is 0 Å². The third kappa shape index (κ3) is 2.01. The molecular formula is C14H16N2O. The van der Waals surface area contributed by atoms with Crippen molar-refractivity contribution in [2.75, 3.05) is 13.1 Å². The number of carbonyl (C=O) groups excluding carboxylic acids is 1. The molecule has 1 N–H and O–H groups in total. The SMILES string of the molecule is C=CCNC1c2ccccc2C(=O)N1CC=C. The van der Waals surface area contributed by atoms with Gasteiger partial charge in [-0.3, -0.25) is 10.1 Å². The van der Waals surface area contributed by atoms with E-state index in [2.05, 4.69) is 18.5 Å². The van der Waals surface area contributed by atoms with Crippen molar-refractivity contribution in [3.05, 3.63) is 60.7 Å². The van der Waals surface area contributed by atoms with Gasteiger partial charge in [-0.2, -0.15) is 0 Å². The van der Waals surface area contributed by atoms with Crippen LogP contribution in [-0.2, 0) is 0 Å². The van der Waals surface area contributed by atoms with Gasteiger partial charge in [0.25, 0.3) is 5.91 Å². The van der Waals surface area contributed by atoms with Gasteiger partial charge in [-0.25, -0.2) is 0 Å². The third-order valence-corrected chi connectivity index (χ3v) is 2.84. The van der Waals surface area contributed by atoms with Gasteiger partial charge in [0, 0.05) is 24.2 Å². The maximum Gasteiger partial charge on any atom is 0.256 e. The summed E-state index contributed by atoms with van der Waals surface area (Å²) in [6, 6.07) is 7.69. The van der Waals surface area contributed by atoms with Gasteiger partial charge in [-0.15, -0.1) is 13.2 Å². The standard InChI is InChI=1S/C14H16N2O/c1-3-9-15-13-11-7-5-6-8-12(11)14(17)16(13)10-4-2/h3-8,13,15H,1-2,9-10H2. The summed E-state index contributed by atoms with van der Waals surface area (Å²) in [5, 5.41) is 3.29. The Balaban J connectivity index is 2.34. The van der Waals surface area contributed by atoms with E-state index < -0.39 is 0 Å². The summed E-state index contributed by atoms with van der Waals surface area (Å²) in [5.41, 5.74) is 1.80. The fourth-order valence-electron chi connectivity index (χ4n) is 2.11. The van der Waals surface area contributed by atoms with Crippen molar-refractivity contribution >= 4 is 5.91 Å². The van der Waals surface area contributed by atoms with Crippen molar-refractivity contribution in [3.8, 4) is 0 Å². The average molecular weight is 228 g/mol. The molecule has 1 aromatic carbocycles. The summed E-state index contributed by atoms with van der Waals surface area (Å²) in [5.74, 6) is 0.0575. The lowest BCUT2D eigenvalue weighted by Crippen LogP contribution is -2.36. The van der Waals surface area contributed by atoms with Crippen LogP contribution in [0.4, 0.5) is 0 Å². The minimum atomic E-state index is -0.0744. The highest BCUT2D eigenvalue weighted by atomic mass is 16.2. The van der Waals surface area contributed by atoms with Gasteiger partial charge in [-0.05, 0) is 6.07 Å². The fraction of sp³-hybridized carbons (Fsp3) is 0.214. The third-order valence-electron chi connectivity index (χ3n) is 2.84. The molecule has 3 heteroatoms. The van der Waals surface area contributed by atoms with Crippen LogP contribution in [0.25, 0.3) is 0 Å². The molecule has 88 valence electrons. The maximum atomic E-state index is 12.2. The maximum absolute atomic E-state index is 12.2. The molecule has 1 aliphatic heterocycles. The number of fused-ring (bicyclic) bond motifs is 1. The van der Waals surface area contributed by atoms with Gasteiger partial charge in [0.15, 0.2) is 0 Å². The Morgan fingerprint density at radius 2 is 2.06 bits per heavy atom. The Labute approximate surface area is 101 Å². The second kappa shape index (κ2) is 4.97. The molecule has 0 spiro atoms. The molecule has 0 fully saturated rings. The van der Waals surface area contributed by atoms with E-state index in [9.17, 15) is 4.79 Å². The molecule has 0 aliphatic carbocycles. The first-order valence-corrected chi connectivity index (χ1v) is 5.64. The van der Waals surface area contributed by atoms with Crippen molar-refractivity contribution in [2.45, 2.75) is 6.17 Å². The van der Waals surface area contributed by atoms with Crippen LogP contribution in [0.15, 0.2) is 49.6 Å². The molecule has 1 aromatic rings. The molecule has 0 aromatic heterocycles. The van der Waals surface area contributed by atoms with Gasteiger partial charge >= 0.3 is 0 Å². The fourth-order valence-corrected chi connectivity index (χ4v) is 2.11. The number of rotatable bonds is 5. The molecular weight excluding hydrogens is 212 g/mol. The zero-order valence-electron chi connectivity index (χ0n) is 9.73. The van der Waals surface area contributed by atoms with E-state index in [1.807, 2.05) is 24.3 Å². The molecule has 0 bridgehead atoms. The van der Waals surface area contributed by atoms with Crippen molar-refractivity contribution in [1.29, 1.82) is 0 Å². The van der Waals surface area contributed by atoms with Crippen molar-refractivity contribution in [1.82, 2.24) is 10.2 Å². The minimum Gasteiger partial charge on any atom is -0.315 e. The lowest BCUT2D eigenvalue weighted by molar-refractivity contribution is 0.0724. The number of carbonyl (C=O) groups is 1. The summed E-state index contributed by atoms with van der Waals surface area (Å²) in [7, 11) is 0. The first kappa shape index (κ1) is 11.6. The van der Waals surface area contributed by atoms with Crippen LogP contribution in [0.5, 0.6) is 0 Å². The van der Waals surface area contributed by atoms with Crippen LogP contribution in [0.1, 0.15) is 22.1 Å². The molecule has 0 radical (unpaired) electrons. The van der Waals surface area contributed by atoms with Crippen LogP contribution < -0.4 is 5.32 Å². The second-order valence-electron chi connectivity index (χ2n) is 3.93. The number of hydrogen-bond donors (Lipinski definition) is 1. The minimum absolute atomic E-state index is 0.0575. The Hall–Kier alpha value is -1.87. The van der Waals surface area contributed by atoms with E-state index in [0.717, 1.165) is 11.1 Å². The lowest BCUT2D eigenvalue weighted by Gasteiger charge is -2.24. The molecule has 1 aliphatic rings. The predicted octanol–water partition coefficient (Wildman–Crippen LogP) is 2.10. The Morgan fingerprint density at radius 1 is 1.29 bits per heavy atom. The number of amides is 1. The van der Waals surface area contributed by atoms with Crippen LogP contribution in [0, 0.1) is 0 Å². The molecule has 1 atom stereocenters. The topological polar surface area (TPSA) is 32.3 Å². The highest BCUT2D eigenvalue weighted by molar-refractivity contribution is 5.99. The van der Waals surface area contributed by atoms with E-state index in [-0.39, 0.29) is 12.1 Å². The summed E-state index contributed by atoms with van der Waals surface area (Å²) in [4.78, 5) is 14.0. The summed E-state index contributed by atoms with van der Waals surface area (Å²) in [6.07, 6.45) is 3.46. The molecule has 2 rings (SSSR count). The molecule has 1 unspecified atom stereocenters. The molecule has 0 saturated carbocycles. The van der Waals surface area contributed by atoms with E-state index in [4.69, 9.17) is 0 Å². The summed E-state index contributed by atoms with van der Waals surface area (Å²) in [6.45, 7) is 8.59. The quantitative estimate of drug-likeness (QED) is 0.783. The van der Waals surface area contributed by atoms with Crippen LogP contribution in [0.2, 0.25) is 0 Å². The van der Waals surface area contributed by atoms with E-state index in [1.54, 1.807) is 17.1 Å². The largest absolute Gasteiger partial charge is 0.315 e. The number of nitrogens with zero attached hydrogens (tertiary/aromatic N) is 1. The van der Waals surface area contributed by atoms with Gasteiger partial charge in [-0.1, -0.05) is 30.4 Å². The number of nitrogens with one attached hydrogen (secondary N) is 1. The zero-order chi connectivity index (χ0) is 12.3.